The highest BCUT2D eigenvalue weighted by atomic mass is 32.2. The molecule has 1 saturated heterocycles. The molecular formula is C5H11NOS. The predicted molar refractivity (Wildman–Crippen MR) is 35.7 cm³/mol. The first-order valence-electron chi connectivity index (χ1n) is 2.81. The van der Waals surface area contributed by atoms with E-state index in [1.54, 1.807) is 0 Å². The third-order valence-corrected chi connectivity index (χ3v) is 2.63. The van der Waals surface area contributed by atoms with Gasteiger partial charge in [0.15, 0.2) is 0 Å². The summed E-state index contributed by atoms with van der Waals surface area (Å²) >= 11 is 1.90. The monoisotopic (exact) mass is 133 g/mol. The first-order valence-corrected chi connectivity index (χ1v) is 3.86. The third-order valence-electron chi connectivity index (χ3n) is 1.43. The quantitative estimate of drug-likeness (QED) is 0.557. The number of hydrogen-bond donors (Lipinski definition) is 1. The van der Waals surface area contributed by atoms with Crippen LogP contribution in [-0.4, -0.2) is 34.4 Å². The summed E-state index contributed by atoms with van der Waals surface area (Å²) in [6.07, 6.45) is 0. The first kappa shape index (κ1) is 6.39. The second-order valence-electron chi connectivity index (χ2n) is 1.92. The Morgan fingerprint density at radius 3 is 2.88 bits per heavy atom. The molecular weight excluding hydrogens is 122 g/mol. The van der Waals surface area contributed by atoms with E-state index in [0.29, 0.717) is 5.37 Å². The van der Waals surface area contributed by atoms with Crippen molar-refractivity contribution in [3.63, 3.8) is 0 Å². The number of rotatable bonds is 1. The van der Waals surface area contributed by atoms with E-state index in [1.165, 1.54) is 5.75 Å². The van der Waals surface area contributed by atoms with Gasteiger partial charge < -0.3 is 5.11 Å². The molecule has 1 heterocycles. The Balaban J connectivity index is 2.30. The summed E-state index contributed by atoms with van der Waals surface area (Å²) < 4.78 is 0. The topological polar surface area (TPSA) is 23.5 Å². The van der Waals surface area contributed by atoms with Gasteiger partial charge in [0.05, 0.1) is 12.1 Å². The lowest BCUT2D eigenvalue weighted by Gasteiger charge is -2.15. The molecule has 0 aromatic heterocycles. The lowest BCUT2D eigenvalue weighted by Crippen LogP contribution is -2.26. The van der Waals surface area contributed by atoms with Crippen LogP contribution >= 0.6 is 11.8 Å². The summed E-state index contributed by atoms with van der Waals surface area (Å²) in [5.41, 5.74) is 0. The highest BCUT2D eigenvalue weighted by molar-refractivity contribution is 8.00. The van der Waals surface area contributed by atoms with Crippen molar-refractivity contribution < 1.29 is 5.11 Å². The van der Waals surface area contributed by atoms with Gasteiger partial charge in [0.1, 0.15) is 0 Å². The van der Waals surface area contributed by atoms with Gasteiger partial charge in [0.25, 0.3) is 0 Å². The molecule has 1 atom stereocenters. The number of aliphatic hydroxyl groups is 1. The van der Waals surface area contributed by atoms with Crippen LogP contribution in [0.5, 0.6) is 0 Å². The summed E-state index contributed by atoms with van der Waals surface area (Å²) in [5, 5.41) is 9.18. The Morgan fingerprint density at radius 2 is 2.62 bits per heavy atom. The summed E-state index contributed by atoms with van der Waals surface area (Å²) in [6.45, 7) is 3.38. The molecule has 0 aromatic rings. The molecule has 0 saturated carbocycles. The van der Waals surface area contributed by atoms with Crippen LogP contribution in [0, 0.1) is 0 Å². The van der Waals surface area contributed by atoms with Crippen molar-refractivity contribution in [1.82, 2.24) is 4.90 Å². The molecule has 1 aliphatic rings. The minimum Gasteiger partial charge on any atom is -0.381 e. The van der Waals surface area contributed by atoms with Gasteiger partial charge in [-0.15, -0.1) is 11.8 Å². The van der Waals surface area contributed by atoms with Crippen molar-refractivity contribution in [2.24, 2.45) is 0 Å². The van der Waals surface area contributed by atoms with E-state index in [2.05, 4.69) is 6.92 Å². The molecule has 0 aliphatic carbocycles. The standard InChI is InChI=1S/C5H11NOS/c1-5-6(4-7)2-3-8-5/h5,7H,2-4H2,1H3. The Hall–Kier alpha value is 0.270. The molecule has 2 nitrogen and oxygen atoms in total. The Kier molecular flexibility index (Phi) is 2.16. The highest BCUT2D eigenvalue weighted by Gasteiger charge is 2.18. The maximum Gasteiger partial charge on any atom is 0.0965 e. The smallest absolute Gasteiger partial charge is 0.0965 e. The van der Waals surface area contributed by atoms with Crippen molar-refractivity contribution in [3.05, 3.63) is 0 Å². The van der Waals surface area contributed by atoms with Gasteiger partial charge in [-0.05, 0) is 6.92 Å². The zero-order valence-electron chi connectivity index (χ0n) is 5.00. The van der Waals surface area contributed by atoms with Gasteiger partial charge in [-0.3, -0.25) is 4.90 Å². The summed E-state index contributed by atoms with van der Waals surface area (Å²) in [4.78, 5) is 2.05. The van der Waals surface area contributed by atoms with Crippen molar-refractivity contribution in [2.75, 3.05) is 19.0 Å². The molecule has 0 aromatic carbocycles. The minimum absolute atomic E-state index is 0.216. The number of hydrogen-bond acceptors (Lipinski definition) is 3. The van der Waals surface area contributed by atoms with E-state index >= 15 is 0 Å². The van der Waals surface area contributed by atoms with Crippen LogP contribution in [0.4, 0.5) is 0 Å². The lowest BCUT2D eigenvalue weighted by atomic mass is 10.6. The number of thioether (sulfide) groups is 1. The fraction of sp³-hybridized carbons (Fsp3) is 1.00. The van der Waals surface area contributed by atoms with Crippen LogP contribution in [0.25, 0.3) is 0 Å². The van der Waals surface area contributed by atoms with Crippen LogP contribution in [0.2, 0.25) is 0 Å². The zero-order chi connectivity index (χ0) is 5.98. The van der Waals surface area contributed by atoms with Crippen LogP contribution in [-0.2, 0) is 0 Å². The second kappa shape index (κ2) is 2.71. The molecule has 3 heteroatoms. The molecule has 0 bridgehead atoms. The van der Waals surface area contributed by atoms with E-state index < -0.39 is 0 Å². The maximum atomic E-state index is 8.65. The Bertz CT molecular complexity index is 78.8. The zero-order valence-corrected chi connectivity index (χ0v) is 5.82. The predicted octanol–water partition coefficient (Wildman–Crippen LogP) is 0.331. The fourth-order valence-electron chi connectivity index (χ4n) is 0.813. The fourth-order valence-corrected chi connectivity index (χ4v) is 1.88. The minimum atomic E-state index is 0.216. The molecule has 0 amide bonds. The lowest BCUT2D eigenvalue weighted by molar-refractivity contribution is 0.115. The van der Waals surface area contributed by atoms with E-state index in [9.17, 15) is 0 Å². The van der Waals surface area contributed by atoms with Crippen molar-refractivity contribution in [2.45, 2.75) is 12.3 Å². The van der Waals surface area contributed by atoms with Gasteiger partial charge in [-0.1, -0.05) is 0 Å². The molecule has 1 aliphatic heterocycles. The highest BCUT2D eigenvalue weighted by Crippen LogP contribution is 2.21. The van der Waals surface area contributed by atoms with Crippen molar-refractivity contribution in [3.8, 4) is 0 Å². The maximum absolute atomic E-state index is 8.65. The number of nitrogens with zero attached hydrogens (tertiary/aromatic N) is 1. The summed E-state index contributed by atoms with van der Waals surface area (Å²) in [5.74, 6) is 1.17. The van der Waals surface area contributed by atoms with Gasteiger partial charge >= 0.3 is 0 Å². The Labute approximate surface area is 53.9 Å². The largest absolute Gasteiger partial charge is 0.381 e. The van der Waals surface area contributed by atoms with Crippen LogP contribution in [0.1, 0.15) is 6.92 Å². The van der Waals surface area contributed by atoms with Crippen LogP contribution in [0.3, 0.4) is 0 Å². The van der Waals surface area contributed by atoms with Gasteiger partial charge in [0.2, 0.25) is 0 Å². The molecule has 8 heavy (non-hydrogen) atoms. The molecule has 1 unspecified atom stereocenters. The molecule has 1 N–H and O–H groups in total. The number of aliphatic hydroxyl groups excluding tert-OH is 1. The molecule has 1 rings (SSSR count). The van der Waals surface area contributed by atoms with Gasteiger partial charge in [0, 0.05) is 12.3 Å². The molecule has 0 radical (unpaired) electrons. The van der Waals surface area contributed by atoms with Crippen LogP contribution in [0.15, 0.2) is 0 Å². The average molecular weight is 133 g/mol. The van der Waals surface area contributed by atoms with Crippen LogP contribution < -0.4 is 0 Å². The van der Waals surface area contributed by atoms with E-state index in [0.717, 1.165) is 6.54 Å². The molecule has 1 fully saturated rings. The normalized spacial score (nSPS) is 31.5. The molecule has 48 valence electrons. The van der Waals surface area contributed by atoms with Gasteiger partial charge in [-0.2, -0.15) is 0 Å². The average Bonchev–Trinajstić information content (AvgIpc) is 2.14. The van der Waals surface area contributed by atoms with E-state index in [4.69, 9.17) is 5.11 Å². The third kappa shape index (κ3) is 1.16. The van der Waals surface area contributed by atoms with Crippen molar-refractivity contribution >= 4 is 11.8 Å². The first-order chi connectivity index (χ1) is 3.84. The SMILES string of the molecule is CC1SCCN1CO. The van der Waals surface area contributed by atoms with Crippen molar-refractivity contribution in [1.29, 1.82) is 0 Å². The summed E-state index contributed by atoms with van der Waals surface area (Å²) in [6, 6.07) is 0. The Morgan fingerprint density at radius 1 is 1.88 bits per heavy atom. The van der Waals surface area contributed by atoms with E-state index in [-0.39, 0.29) is 6.73 Å². The summed E-state index contributed by atoms with van der Waals surface area (Å²) in [7, 11) is 0. The van der Waals surface area contributed by atoms with Gasteiger partial charge in [-0.25, -0.2) is 0 Å². The second-order valence-corrected chi connectivity index (χ2v) is 3.35. The van der Waals surface area contributed by atoms with E-state index in [1.807, 2.05) is 16.7 Å². The molecule has 0 spiro atoms.